The summed E-state index contributed by atoms with van der Waals surface area (Å²) in [4.78, 5) is 41.2. The van der Waals surface area contributed by atoms with E-state index in [1.54, 1.807) is 24.3 Å². The third-order valence-electron chi connectivity index (χ3n) is 7.41. The van der Waals surface area contributed by atoms with Gasteiger partial charge in [-0.05, 0) is 42.7 Å². The van der Waals surface area contributed by atoms with E-state index in [9.17, 15) is 14.4 Å². The van der Waals surface area contributed by atoms with E-state index < -0.39 is 23.5 Å². The summed E-state index contributed by atoms with van der Waals surface area (Å²) in [5.41, 5.74) is 1.61. The first-order valence-electron chi connectivity index (χ1n) is 12.3. The van der Waals surface area contributed by atoms with E-state index in [2.05, 4.69) is 15.5 Å². The van der Waals surface area contributed by atoms with Crippen molar-refractivity contribution in [2.45, 2.75) is 56.6 Å². The SMILES string of the molecule is COc1ccc(C2(C(=O)N3CC(OC(C)=O)CC3C(=O)Nc3cccc4[nH]ncc34)CCCC2)cc1. The molecule has 1 aliphatic heterocycles. The fourth-order valence-electron chi connectivity index (χ4n) is 5.67. The standard InChI is InChI=1S/C27H30N4O5/c1-17(32)36-20-14-24(25(33)29-22-6-5-7-23-21(22)15-28-30-23)31(16-20)26(34)27(12-3-4-13-27)18-8-10-19(35-2)11-9-18/h5-11,15,20,24H,3-4,12-14,16H2,1-2H3,(H,28,30)(H,29,33). The van der Waals surface area contributed by atoms with Crippen LogP contribution in [0.4, 0.5) is 5.69 Å². The van der Waals surface area contributed by atoms with Gasteiger partial charge in [0.1, 0.15) is 17.9 Å². The quantitative estimate of drug-likeness (QED) is 0.511. The lowest BCUT2D eigenvalue weighted by molar-refractivity contribution is -0.147. The van der Waals surface area contributed by atoms with Crippen molar-refractivity contribution in [1.82, 2.24) is 15.1 Å². The number of hydrogen-bond donors (Lipinski definition) is 2. The summed E-state index contributed by atoms with van der Waals surface area (Å²) in [5, 5.41) is 10.7. The van der Waals surface area contributed by atoms with E-state index in [1.165, 1.54) is 6.92 Å². The molecular formula is C27H30N4O5. The molecule has 0 radical (unpaired) electrons. The van der Waals surface area contributed by atoms with Crippen LogP contribution in [0.15, 0.2) is 48.7 Å². The number of esters is 1. The molecule has 5 rings (SSSR count). The molecule has 1 aliphatic carbocycles. The molecule has 2 amide bonds. The van der Waals surface area contributed by atoms with E-state index in [1.807, 2.05) is 36.4 Å². The lowest BCUT2D eigenvalue weighted by Crippen LogP contribution is -2.51. The van der Waals surface area contributed by atoms with Gasteiger partial charge in [-0.2, -0.15) is 5.10 Å². The highest BCUT2D eigenvalue weighted by atomic mass is 16.5. The third-order valence-corrected chi connectivity index (χ3v) is 7.41. The van der Waals surface area contributed by atoms with Crippen LogP contribution in [0.5, 0.6) is 5.75 Å². The summed E-state index contributed by atoms with van der Waals surface area (Å²) in [5.74, 6) is -0.112. The molecule has 0 bridgehead atoms. The van der Waals surface area contributed by atoms with Crippen LogP contribution in [0, 0.1) is 0 Å². The molecule has 2 heterocycles. The van der Waals surface area contributed by atoms with E-state index in [0.29, 0.717) is 18.5 Å². The molecule has 1 aromatic heterocycles. The number of carbonyl (C=O) groups excluding carboxylic acids is 3. The normalized spacial score (nSPS) is 20.9. The van der Waals surface area contributed by atoms with E-state index in [-0.39, 0.29) is 24.8 Å². The molecule has 2 aliphatic rings. The highest BCUT2D eigenvalue weighted by Gasteiger charge is 2.50. The molecule has 36 heavy (non-hydrogen) atoms. The number of likely N-dealkylation sites (tertiary alicyclic amines) is 1. The van der Waals surface area contributed by atoms with Crippen molar-refractivity contribution in [3.8, 4) is 5.75 Å². The zero-order chi connectivity index (χ0) is 25.3. The van der Waals surface area contributed by atoms with Crippen LogP contribution in [0.1, 0.15) is 44.6 Å². The summed E-state index contributed by atoms with van der Waals surface area (Å²) in [6.45, 7) is 1.53. The number of nitrogens with zero attached hydrogens (tertiary/aromatic N) is 2. The van der Waals surface area contributed by atoms with Crippen LogP contribution in [-0.2, 0) is 24.5 Å². The molecule has 2 aromatic carbocycles. The Labute approximate surface area is 209 Å². The maximum Gasteiger partial charge on any atom is 0.302 e. The number of aromatic amines is 1. The minimum absolute atomic E-state index is 0.0958. The number of amides is 2. The summed E-state index contributed by atoms with van der Waals surface area (Å²) >= 11 is 0. The minimum atomic E-state index is -0.764. The van der Waals surface area contributed by atoms with Crippen molar-refractivity contribution in [2.24, 2.45) is 0 Å². The highest BCUT2D eigenvalue weighted by Crippen LogP contribution is 2.44. The predicted molar refractivity (Wildman–Crippen MR) is 134 cm³/mol. The van der Waals surface area contributed by atoms with Gasteiger partial charge >= 0.3 is 5.97 Å². The van der Waals surface area contributed by atoms with Crippen molar-refractivity contribution in [3.63, 3.8) is 0 Å². The number of ether oxygens (including phenoxy) is 2. The average Bonchev–Trinajstić information content (AvgIpc) is 3.63. The summed E-state index contributed by atoms with van der Waals surface area (Å²) in [6, 6.07) is 12.3. The maximum atomic E-state index is 14.3. The first-order valence-corrected chi connectivity index (χ1v) is 12.3. The Hall–Kier alpha value is -3.88. The Kier molecular flexibility index (Phi) is 6.38. The molecule has 2 atom stereocenters. The largest absolute Gasteiger partial charge is 0.497 e. The maximum absolute atomic E-state index is 14.3. The van der Waals surface area contributed by atoms with Gasteiger partial charge in [-0.1, -0.05) is 31.0 Å². The second kappa shape index (κ2) is 9.64. The van der Waals surface area contributed by atoms with Crippen molar-refractivity contribution < 1.29 is 23.9 Å². The van der Waals surface area contributed by atoms with Crippen molar-refractivity contribution in [3.05, 3.63) is 54.2 Å². The molecule has 9 heteroatoms. The molecule has 2 unspecified atom stereocenters. The number of aromatic nitrogens is 2. The molecule has 9 nitrogen and oxygen atoms in total. The van der Waals surface area contributed by atoms with Crippen LogP contribution in [-0.4, -0.2) is 58.7 Å². The summed E-state index contributed by atoms with van der Waals surface area (Å²) in [7, 11) is 1.61. The van der Waals surface area contributed by atoms with Gasteiger partial charge in [0.2, 0.25) is 11.8 Å². The fraction of sp³-hybridized carbons (Fsp3) is 0.407. The number of H-pyrrole nitrogens is 1. The number of nitrogens with one attached hydrogen (secondary N) is 2. The van der Waals surface area contributed by atoms with Crippen LogP contribution in [0.3, 0.4) is 0 Å². The summed E-state index contributed by atoms with van der Waals surface area (Å²) in [6.07, 6.45) is 4.63. The number of methoxy groups -OCH3 is 1. The van der Waals surface area contributed by atoms with Crippen LogP contribution < -0.4 is 10.1 Å². The second-order valence-electron chi connectivity index (χ2n) is 9.58. The molecular weight excluding hydrogens is 460 g/mol. The number of benzene rings is 2. The molecule has 2 fully saturated rings. The molecule has 188 valence electrons. The smallest absolute Gasteiger partial charge is 0.302 e. The van der Waals surface area contributed by atoms with Crippen LogP contribution in [0.25, 0.3) is 10.9 Å². The Morgan fingerprint density at radius 2 is 1.86 bits per heavy atom. The van der Waals surface area contributed by atoms with Gasteiger partial charge in [0.05, 0.1) is 36.5 Å². The first-order chi connectivity index (χ1) is 17.4. The number of anilines is 1. The average molecular weight is 491 g/mol. The zero-order valence-corrected chi connectivity index (χ0v) is 20.5. The topological polar surface area (TPSA) is 114 Å². The molecule has 1 saturated heterocycles. The Balaban J connectivity index is 1.46. The summed E-state index contributed by atoms with van der Waals surface area (Å²) < 4.78 is 10.8. The zero-order valence-electron chi connectivity index (χ0n) is 20.5. The van der Waals surface area contributed by atoms with Crippen molar-refractivity contribution in [2.75, 3.05) is 19.0 Å². The van der Waals surface area contributed by atoms with E-state index >= 15 is 0 Å². The number of fused-ring (bicyclic) bond motifs is 1. The fourth-order valence-corrected chi connectivity index (χ4v) is 5.67. The van der Waals surface area contributed by atoms with Crippen LogP contribution in [0.2, 0.25) is 0 Å². The van der Waals surface area contributed by atoms with Crippen molar-refractivity contribution in [1.29, 1.82) is 0 Å². The van der Waals surface area contributed by atoms with E-state index in [4.69, 9.17) is 9.47 Å². The monoisotopic (exact) mass is 490 g/mol. The predicted octanol–water partition coefficient (Wildman–Crippen LogP) is 3.55. The van der Waals surface area contributed by atoms with E-state index in [0.717, 1.165) is 35.1 Å². The Morgan fingerprint density at radius 3 is 2.56 bits per heavy atom. The van der Waals surface area contributed by atoms with Crippen molar-refractivity contribution >= 4 is 34.4 Å². The van der Waals surface area contributed by atoms with Crippen LogP contribution >= 0.6 is 0 Å². The number of carbonyl (C=O) groups is 3. The second-order valence-corrected chi connectivity index (χ2v) is 9.58. The van der Waals surface area contributed by atoms with Gasteiger partial charge in [0.25, 0.3) is 0 Å². The van der Waals surface area contributed by atoms with Gasteiger partial charge in [-0.15, -0.1) is 0 Å². The van der Waals surface area contributed by atoms with Gasteiger partial charge in [-0.25, -0.2) is 0 Å². The molecule has 2 N–H and O–H groups in total. The lowest BCUT2D eigenvalue weighted by Gasteiger charge is -2.35. The lowest BCUT2D eigenvalue weighted by atomic mass is 9.77. The molecule has 3 aromatic rings. The van der Waals surface area contributed by atoms with Gasteiger partial charge < -0.3 is 19.7 Å². The first kappa shape index (κ1) is 23.8. The highest BCUT2D eigenvalue weighted by molar-refractivity contribution is 6.04. The Bertz CT molecular complexity index is 1280. The Morgan fingerprint density at radius 1 is 1.11 bits per heavy atom. The number of hydrogen-bond acceptors (Lipinski definition) is 6. The molecule has 0 spiro atoms. The van der Waals surface area contributed by atoms with Gasteiger partial charge in [0.15, 0.2) is 0 Å². The third kappa shape index (κ3) is 4.29. The van der Waals surface area contributed by atoms with Gasteiger partial charge in [-0.3, -0.25) is 19.5 Å². The van der Waals surface area contributed by atoms with Gasteiger partial charge in [0, 0.05) is 18.7 Å². The minimum Gasteiger partial charge on any atom is -0.497 e. The number of rotatable bonds is 6. The molecule has 1 saturated carbocycles.